The lowest BCUT2D eigenvalue weighted by atomic mass is 10.3. The smallest absolute Gasteiger partial charge is 0.316 e. The lowest BCUT2D eigenvalue weighted by Gasteiger charge is -2.01. The second-order valence-corrected chi connectivity index (χ2v) is 4.28. The summed E-state index contributed by atoms with van der Waals surface area (Å²) in [6, 6.07) is 5.49. The highest BCUT2D eigenvalue weighted by atomic mass is 16.6. The highest BCUT2D eigenvalue weighted by molar-refractivity contribution is 6.01. The molecule has 0 saturated heterocycles. The van der Waals surface area contributed by atoms with Crippen LogP contribution in [0.25, 0.3) is 11.5 Å². The Morgan fingerprint density at radius 3 is 2.91 bits per heavy atom. The van der Waals surface area contributed by atoms with Crippen LogP contribution < -0.4 is 5.32 Å². The van der Waals surface area contributed by atoms with Crippen LogP contribution in [-0.4, -0.2) is 30.9 Å². The number of rotatable bonds is 4. The maximum Gasteiger partial charge on any atom is 0.316 e. The van der Waals surface area contributed by atoms with E-state index in [4.69, 9.17) is 4.52 Å². The molecule has 0 aliphatic rings. The number of non-ortho nitro benzene ring substituents is 1. The Morgan fingerprint density at radius 1 is 1.30 bits per heavy atom. The Morgan fingerprint density at radius 2 is 2.17 bits per heavy atom. The summed E-state index contributed by atoms with van der Waals surface area (Å²) < 4.78 is 4.86. The molecule has 1 N–H and O–H groups in total. The number of nitrogens with one attached hydrogen (secondary N) is 1. The van der Waals surface area contributed by atoms with Gasteiger partial charge in [-0.2, -0.15) is 4.98 Å². The Bertz CT molecular complexity index is 864. The Kier molecular flexibility index (Phi) is 3.70. The maximum absolute atomic E-state index is 12.0. The molecule has 2 aromatic heterocycles. The van der Waals surface area contributed by atoms with Gasteiger partial charge in [-0.3, -0.25) is 19.9 Å². The Hall–Kier alpha value is -3.69. The van der Waals surface area contributed by atoms with E-state index in [0.717, 1.165) is 0 Å². The van der Waals surface area contributed by atoms with Gasteiger partial charge in [0.2, 0.25) is 5.82 Å². The minimum atomic E-state index is -0.687. The van der Waals surface area contributed by atoms with E-state index in [0.29, 0.717) is 5.69 Å². The van der Waals surface area contributed by atoms with Gasteiger partial charge in [0.15, 0.2) is 0 Å². The summed E-state index contributed by atoms with van der Waals surface area (Å²) in [6.45, 7) is 0. The summed E-state index contributed by atoms with van der Waals surface area (Å²) in [4.78, 5) is 33.9. The van der Waals surface area contributed by atoms with E-state index < -0.39 is 10.8 Å². The van der Waals surface area contributed by atoms with E-state index in [1.807, 2.05) is 0 Å². The minimum absolute atomic E-state index is 0.113. The van der Waals surface area contributed by atoms with Gasteiger partial charge in [-0.25, -0.2) is 4.98 Å². The molecule has 0 fully saturated rings. The van der Waals surface area contributed by atoms with Gasteiger partial charge in [-0.1, -0.05) is 11.2 Å². The third-order valence-electron chi connectivity index (χ3n) is 2.73. The topological polar surface area (TPSA) is 137 Å². The van der Waals surface area contributed by atoms with Crippen molar-refractivity contribution in [3.05, 3.63) is 58.9 Å². The van der Waals surface area contributed by atoms with Crippen LogP contribution in [0.15, 0.2) is 47.4 Å². The number of hydrogen-bond acceptors (Lipinski definition) is 8. The molecule has 0 bridgehead atoms. The number of carbonyl (C=O) groups excluding carboxylic acids is 1. The summed E-state index contributed by atoms with van der Waals surface area (Å²) in [5.41, 5.74) is 0.447. The molecule has 10 heteroatoms. The van der Waals surface area contributed by atoms with Crippen molar-refractivity contribution in [2.45, 2.75) is 0 Å². The molecule has 0 atom stereocenters. The molecule has 0 spiro atoms. The Balaban J connectivity index is 1.78. The Labute approximate surface area is 128 Å². The van der Waals surface area contributed by atoms with E-state index >= 15 is 0 Å². The van der Waals surface area contributed by atoms with Crippen molar-refractivity contribution in [1.29, 1.82) is 0 Å². The van der Waals surface area contributed by atoms with Crippen molar-refractivity contribution in [3.8, 4) is 11.5 Å². The van der Waals surface area contributed by atoms with Crippen LogP contribution in [0.1, 0.15) is 10.7 Å². The molecule has 114 valence electrons. The van der Waals surface area contributed by atoms with Crippen LogP contribution in [0.5, 0.6) is 0 Å². The number of nitro groups is 1. The molecule has 1 amide bonds. The number of amides is 1. The van der Waals surface area contributed by atoms with Crippen molar-refractivity contribution < 1.29 is 14.2 Å². The van der Waals surface area contributed by atoms with Crippen molar-refractivity contribution in [3.63, 3.8) is 0 Å². The average molecular weight is 312 g/mol. The molecule has 3 aromatic rings. The molecular formula is C13H8N6O4. The van der Waals surface area contributed by atoms with E-state index in [-0.39, 0.29) is 23.1 Å². The molecule has 0 radical (unpaired) electrons. The van der Waals surface area contributed by atoms with E-state index in [9.17, 15) is 14.9 Å². The first-order chi connectivity index (χ1) is 11.1. The van der Waals surface area contributed by atoms with Gasteiger partial charge in [0, 0.05) is 30.2 Å². The number of hydrogen-bond donors (Lipinski definition) is 1. The number of anilines is 1. The van der Waals surface area contributed by atoms with Crippen LogP contribution in [-0.2, 0) is 0 Å². The largest absolute Gasteiger partial charge is 0.328 e. The average Bonchev–Trinajstić information content (AvgIpc) is 3.06. The highest BCUT2D eigenvalue weighted by Crippen LogP contribution is 2.18. The molecular weight excluding hydrogens is 304 g/mol. The van der Waals surface area contributed by atoms with Crippen molar-refractivity contribution in [2.24, 2.45) is 0 Å². The molecule has 0 aliphatic heterocycles. The normalized spacial score (nSPS) is 10.3. The first kappa shape index (κ1) is 14.3. The van der Waals surface area contributed by atoms with Gasteiger partial charge in [0.05, 0.1) is 11.1 Å². The first-order valence-electron chi connectivity index (χ1n) is 6.29. The SMILES string of the molecule is O=C(Nc1cccc([N+](=O)[O-])c1)c1nc(-c2cnccn2)no1. The summed E-state index contributed by atoms with van der Waals surface area (Å²) in [6.07, 6.45) is 4.36. The number of nitro benzene ring substituents is 1. The number of carbonyl (C=O) groups is 1. The molecule has 0 saturated carbocycles. The maximum atomic E-state index is 12.0. The van der Waals surface area contributed by atoms with Crippen molar-refractivity contribution >= 4 is 17.3 Å². The standard InChI is InChI=1S/C13H8N6O4/c20-12(16-8-2-1-3-9(6-8)19(21)22)13-17-11(18-23-13)10-7-14-4-5-15-10/h1-7H,(H,16,20). The molecule has 23 heavy (non-hydrogen) atoms. The van der Waals surface area contributed by atoms with Crippen LogP contribution >= 0.6 is 0 Å². The predicted molar refractivity (Wildman–Crippen MR) is 76.4 cm³/mol. The summed E-state index contributed by atoms with van der Waals surface area (Å²) in [5, 5.41) is 16.8. The van der Waals surface area contributed by atoms with Crippen molar-refractivity contribution in [2.75, 3.05) is 5.32 Å². The minimum Gasteiger partial charge on any atom is -0.328 e. The van der Waals surface area contributed by atoms with Gasteiger partial charge < -0.3 is 9.84 Å². The number of aromatic nitrogens is 4. The molecule has 0 aliphatic carbocycles. The van der Waals surface area contributed by atoms with Gasteiger partial charge >= 0.3 is 11.8 Å². The lowest BCUT2D eigenvalue weighted by Crippen LogP contribution is -2.12. The third kappa shape index (κ3) is 3.15. The van der Waals surface area contributed by atoms with Gasteiger partial charge in [-0.15, -0.1) is 0 Å². The highest BCUT2D eigenvalue weighted by Gasteiger charge is 2.17. The zero-order valence-corrected chi connectivity index (χ0v) is 11.4. The van der Waals surface area contributed by atoms with Crippen molar-refractivity contribution in [1.82, 2.24) is 20.1 Å². The third-order valence-corrected chi connectivity index (χ3v) is 2.73. The van der Waals surface area contributed by atoms with Gasteiger partial charge in [-0.05, 0) is 6.07 Å². The van der Waals surface area contributed by atoms with E-state index in [1.54, 1.807) is 0 Å². The second-order valence-electron chi connectivity index (χ2n) is 4.28. The molecule has 0 unspecified atom stereocenters. The lowest BCUT2D eigenvalue weighted by molar-refractivity contribution is -0.384. The summed E-state index contributed by atoms with van der Waals surface area (Å²) in [5.74, 6) is -0.868. The fraction of sp³-hybridized carbons (Fsp3) is 0. The van der Waals surface area contributed by atoms with Crippen LogP contribution in [0, 0.1) is 10.1 Å². The number of nitrogens with zero attached hydrogens (tertiary/aromatic N) is 5. The fourth-order valence-electron chi connectivity index (χ4n) is 1.72. The quantitative estimate of drug-likeness (QED) is 0.567. The molecule has 3 rings (SSSR count). The zero-order chi connectivity index (χ0) is 16.2. The summed E-state index contributed by atoms with van der Waals surface area (Å²) >= 11 is 0. The summed E-state index contributed by atoms with van der Waals surface area (Å²) in [7, 11) is 0. The van der Waals surface area contributed by atoms with Crippen LogP contribution in [0.4, 0.5) is 11.4 Å². The van der Waals surface area contributed by atoms with Crippen LogP contribution in [0.2, 0.25) is 0 Å². The first-order valence-corrected chi connectivity index (χ1v) is 6.29. The van der Waals surface area contributed by atoms with Gasteiger partial charge in [0.25, 0.3) is 5.69 Å². The van der Waals surface area contributed by atoms with Gasteiger partial charge in [0.1, 0.15) is 5.69 Å². The second kappa shape index (κ2) is 5.97. The fourth-order valence-corrected chi connectivity index (χ4v) is 1.72. The zero-order valence-electron chi connectivity index (χ0n) is 11.4. The van der Waals surface area contributed by atoms with E-state index in [2.05, 4.69) is 25.4 Å². The predicted octanol–water partition coefficient (Wildman–Crippen LogP) is 1.69. The number of benzene rings is 1. The molecule has 10 nitrogen and oxygen atoms in total. The monoisotopic (exact) mass is 312 g/mol. The van der Waals surface area contributed by atoms with E-state index in [1.165, 1.54) is 42.9 Å². The molecule has 2 heterocycles. The molecule has 1 aromatic carbocycles. The van der Waals surface area contributed by atoms with Crippen LogP contribution in [0.3, 0.4) is 0 Å².